The molecule has 19 heavy (non-hydrogen) atoms. The van der Waals surface area contributed by atoms with Crippen molar-refractivity contribution in [2.45, 2.75) is 12.3 Å². The van der Waals surface area contributed by atoms with Crippen molar-refractivity contribution in [1.29, 1.82) is 0 Å². The van der Waals surface area contributed by atoms with E-state index < -0.39 is 0 Å². The maximum Gasteiger partial charge on any atom is 0.172 e. The molecule has 3 aromatic rings. The number of H-pyrrole nitrogens is 1. The molecule has 2 nitrogen and oxygen atoms in total. The van der Waals surface area contributed by atoms with E-state index in [0.29, 0.717) is 0 Å². The zero-order valence-electron chi connectivity index (χ0n) is 10.4. The van der Waals surface area contributed by atoms with Crippen LogP contribution in [0.25, 0.3) is 10.9 Å². The van der Waals surface area contributed by atoms with Gasteiger partial charge in [0.1, 0.15) is 0 Å². The minimum absolute atomic E-state index is 0.0511. The summed E-state index contributed by atoms with van der Waals surface area (Å²) in [6.45, 7) is 0. The van der Waals surface area contributed by atoms with E-state index in [4.69, 9.17) is 0 Å². The van der Waals surface area contributed by atoms with Gasteiger partial charge in [-0.15, -0.1) is 0 Å². The number of Topliss-reactive ketones (excluding diaryl/α,β-unsaturated/α-hetero) is 1. The predicted molar refractivity (Wildman–Crippen MR) is 75.5 cm³/mol. The van der Waals surface area contributed by atoms with E-state index in [1.807, 2.05) is 36.4 Å². The van der Waals surface area contributed by atoms with Crippen molar-refractivity contribution in [3.63, 3.8) is 0 Å². The first-order valence-electron chi connectivity index (χ1n) is 6.53. The molecule has 0 aliphatic heterocycles. The molecule has 1 N–H and O–H groups in total. The first-order valence-corrected chi connectivity index (χ1v) is 6.53. The van der Waals surface area contributed by atoms with Gasteiger partial charge in [0.05, 0.1) is 5.92 Å². The molecule has 0 bridgehead atoms. The Hall–Kier alpha value is -2.35. The highest BCUT2D eigenvalue weighted by atomic mass is 16.1. The van der Waals surface area contributed by atoms with Crippen molar-refractivity contribution < 1.29 is 4.79 Å². The lowest BCUT2D eigenvalue weighted by Crippen LogP contribution is -2.07. The Morgan fingerprint density at radius 2 is 1.79 bits per heavy atom. The molecule has 0 saturated carbocycles. The molecule has 1 unspecified atom stereocenters. The van der Waals surface area contributed by atoms with E-state index in [1.165, 1.54) is 5.39 Å². The fourth-order valence-corrected chi connectivity index (χ4v) is 2.97. The second kappa shape index (κ2) is 3.82. The summed E-state index contributed by atoms with van der Waals surface area (Å²) in [6.07, 6.45) is 0.807. The number of carbonyl (C=O) groups excluding carboxylic acids is 1. The Bertz CT molecular complexity index is 752. The van der Waals surface area contributed by atoms with Gasteiger partial charge in [-0.1, -0.05) is 42.5 Å². The molecule has 1 heterocycles. The van der Waals surface area contributed by atoms with Gasteiger partial charge < -0.3 is 4.98 Å². The number of benzene rings is 2. The number of ketones is 1. The van der Waals surface area contributed by atoms with Crippen molar-refractivity contribution in [3.05, 3.63) is 71.4 Å². The molecular formula is C17H13NO. The predicted octanol–water partition coefficient (Wildman–Crippen LogP) is 3.69. The van der Waals surface area contributed by atoms with Crippen LogP contribution >= 0.6 is 0 Å². The SMILES string of the molecule is O=C1c2ccccc2CC1c1cc2ccccc2[nH]1. The number of hydrogen-bond acceptors (Lipinski definition) is 1. The van der Waals surface area contributed by atoms with Gasteiger partial charge in [0.25, 0.3) is 0 Å². The molecule has 0 fully saturated rings. The first-order chi connectivity index (χ1) is 9.33. The van der Waals surface area contributed by atoms with Crippen LogP contribution in [0.5, 0.6) is 0 Å². The molecule has 1 aromatic heterocycles. The lowest BCUT2D eigenvalue weighted by Gasteiger charge is -2.04. The van der Waals surface area contributed by atoms with Crippen molar-refractivity contribution >= 4 is 16.7 Å². The van der Waals surface area contributed by atoms with Gasteiger partial charge >= 0.3 is 0 Å². The van der Waals surface area contributed by atoms with Gasteiger partial charge in [0.2, 0.25) is 0 Å². The number of aromatic amines is 1. The molecule has 2 heteroatoms. The van der Waals surface area contributed by atoms with Gasteiger partial charge in [-0.2, -0.15) is 0 Å². The molecule has 1 atom stereocenters. The van der Waals surface area contributed by atoms with E-state index in [-0.39, 0.29) is 11.7 Å². The summed E-state index contributed by atoms with van der Waals surface area (Å²) in [5, 5.41) is 1.17. The Kier molecular flexibility index (Phi) is 2.12. The number of nitrogens with one attached hydrogen (secondary N) is 1. The van der Waals surface area contributed by atoms with Gasteiger partial charge in [0.15, 0.2) is 5.78 Å². The van der Waals surface area contributed by atoms with Crippen LogP contribution in [-0.4, -0.2) is 10.8 Å². The maximum atomic E-state index is 12.5. The Labute approximate surface area is 111 Å². The van der Waals surface area contributed by atoms with Gasteiger partial charge in [-0.25, -0.2) is 0 Å². The van der Waals surface area contributed by atoms with Crippen molar-refractivity contribution in [3.8, 4) is 0 Å². The maximum absolute atomic E-state index is 12.5. The molecule has 0 radical (unpaired) electrons. The number of rotatable bonds is 1. The third kappa shape index (κ3) is 1.53. The van der Waals surface area contributed by atoms with E-state index in [0.717, 1.165) is 28.8 Å². The highest BCUT2D eigenvalue weighted by Gasteiger charge is 2.32. The third-order valence-corrected chi connectivity index (χ3v) is 3.95. The highest BCUT2D eigenvalue weighted by Crippen LogP contribution is 2.34. The van der Waals surface area contributed by atoms with E-state index in [9.17, 15) is 4.79 Å². The molecule has 1 aliphatic carbocycles. The zero-order valence-corrected chi connectivity index (χ0v) is 10.4. The Morgan fingerprint density at radius 1 is 1.00 bits per heavy atom. The van der Waals surface area contributed by atoms with Gasteiger partial charge in [0, 0.05) is 16.8 Å². The number of aromatic nitrogens is 1. The Morgan fingerprint density at radius 3 is 2.63 bits per heavy atom. The van der Waals surface area contributed by atoms with E-state index >= 15 is 0 Å². The molecule has 1 aliphatic rings. The number of fused-ring (bicyclic) bond motifs is 2. The number of hydrogen-bond donors (Lipinski definition) is 1. The third-order valence-electron chi connectivity index (χ3n) is 3.95. The number of carbonyl (C=O) groups is 1. The van der Waals surface area contributed by atoms with Crippen LogP contribution in [0, 0.1) is 0 Å². The summed E-state index contributed by atoms with van der Waals surface area (Å²) in [7, 11) is 0. The van der Waals surface area contributed by atoms with Crippen LogP contribution in [0.15, 0.2) is 54.6 Å². The lowest BCUT2D eigenvalue weighted by molar-refractivity contribution is 0.0971. The monoisotopic (exact) mass is 247 g/mol. The molecule has 0 amide bonds. The minimum atomic E-state index is -0.0511. The van der Waals surface area contributed by atoms with Crippen LogP contribution < -0.4 is 0 Å². The second-order valence-electron chi connectivity index (χ2n) is 5.09. The largest absolute Gasteiger partial charge is 0.358 e. The van der Waals surface area contributed by atoms with Gasteiger partial charge in [-0.3, -0.25) is 4.79 Å². The van der Waals surface area contributed by atoms with Crippen molar-refractivity contribution in [2.24, 2.45) is 0 Å². The highest BCUT2D eigenvalue weighted by molar-refractivity contribution is 6.05. The molecular weight excluding hydrogens is 234 g/mol. The number of para-hydroxylation sites is 1. The first kappa shape index (κ1) is 10.6. The van der Waals surface area contributed by atoms with Crippen LogP contribution in [0.2, 0.25) is 0 Å². The summed E-state index contributed by atoms with van der Waals surface area (Å²) >= 11 is 0. The fourth-order valence-electron chi connectivity index (χ4n) is 2.97. The fraction of sp³-hybridized carbons (Fsp3) is 0.118. The average Bonchev–Trinajstić information content (AvgIpc) is 3.00. The zero-order chi connectivity index (χ0) is 12.8. The summed E-state index contributed by atoms with van der Waals surface area (Å²) in [5.74, 6) is 0.187. The second-order valence-corrected chi connectivity index (χ2v) is 5.09. The molecule has 0 saturated heterocycles. The van der Waals surface area contributed by atoms with Crippen LogP contribution in [0.1, 0.15) is 27.5 Å². The molecule has 2 aromatic carbocycles. The van der Waals surface area contributed by atoms with E-state index in [2.05, 4.69) is 23.2 Å². The van der Waals surface area contributed by atoms with Gasteiger partial charge in [-0.05, 0) is 29.5 Å². The van der Waals surface area contributed by atoms with Crippen LogP contribution in [0.3, 0.4) is 0 Å². The summed E-state index contributed by atoms with van der Waals surface area (Å²) < 4.78 is 0. The summed E-state index contributed by atoms with van der Waals surface area (Å²) in [5.41, 5.74) is 4.17. The van der Waals surface area contributed by atoms with Crippen molar-refractivity contribution in [2.75, 3.05) is 0 Å². The standard InChI is InChI=1S/C17H13NO/c19-17-13-7-3-1-5-11(13)9-14(17)16-10-12-6-2-4-8-15(12)18-16/h1-8,10,14,18H,9H2. The molecule has 4 rings (SSSR count). The van der Waals surface area contributed by atoms with Crippen LogP contribution in [0.4, 0.5) is 0 Å². The minimum Gasteiger partial charge on any atom is -0.358 e. The summed E-state index contributed by atoms with van der Waals surface area (Å²) in [4.78, 5) is 15.8. The molecule has 92 valence electrons. The van der Waals surface area contributed by atoms with Crippen molar-refractivity contribution in [1.82, 2.24) is 4.98 Å². The molecule has 0 spiro atoms. The summed E-state index contributed by atoms with van der Waals surface area (Å²) in [6, 6.07) is 18.2. The topological polar surface area (TPSA) is 32.9 Å². The van der Waals surface area contributed by atoms with Crippen LogP contribution in [-0.2, 0) is 6.42 Å². The van der Waals surface area contributed by atoms with E-state index in [1.54, 1.807) is 0 Å². The normalized spacial score (nSPS) is 17.9. The Balaban J connectivity index is 1.81. The quantitative estimate of drug-likeness (QED) is 0.699. The smallest absolute Gasteiger partial charge is 0.172 e. The lowest BCUT2D eigenvalue weighted by atomic mass is 10.0. The average molecular weight is 247 g/mol.